The molecule has 4 aliphatic carbocycles. The minimum absolute atomic E-state index is 0.0401. The highest BCUT2D eigenvalue weighted by atomic mass is 16.6. The third-order valence-electron chi connectivity index (χ3n) is 12.4. The summed E-state index contributed by atoms with van der Waals surface area (Å²) in [5, 5.41) is 36.0. The number of hydrogen-bond donors (Lipinski definition) is 3. The normalized spacial score (nSPS) is 40.4. The SMILES string of the molecule is C[C@@H](OC(=O)c1cccnc1)[C@]1(O)CC[C@]2(O)[C@@H]3CC[C@@H]4C[C@@H](O)CC[C@]4(C)[C@@H]3C[C@@H](OC(=O)C=Cc3ccccc3)[C@]12C. The molecule has 0 radical (unpaired) electrons. The van der Waals surface area contributed by atoms with Crippen molar-refractivity contribution in [1.82, 2.24) is 4.98 Å². The summed E-state index contributed by atoms with van der Waals surface area (Å²) in [7, 11) is 0. The molecule has 2 aromatic rings. The lowest BCUT2D eigenvalue weighted by molar-refractivity contribution is -0.288. The number of rotatable bonds is 6. The van der Waals surface area contributed by atoms with E-state index in [2.05, 4.69) is 11.9 Å². The Morgan fingerprint density at radius 2 is 1.75 bits per heavy atom. The maximum Gasteiger partial charge on any atom is 0.340 e. The van der Waals surface area contributed by atoms with Crippen molar-refractivity contribution in [3.8, 4) is 0 Å². The monoisotopic (exact) mass is 603 g/mol. The van der Waals surface area contributed by atoms with Gasteiger partial charge < -0.3 is 24.8 Å². The number of aliphatic hydroxyl groups is 3. The molecule has 0 unspecified atom stereocenters. The third-order valence-corrected chi connectivity index (χ3v) is 12.4. The number of pyridine rings is 1. The number of nitrogens with zero attached hydrogens (tertiary/aromatic N) is 1. The zero-order valence-electron chi connectivity index (χ0n) is 25.9. The van der Waals surface area contributed by atoms with E-state index in [4.69, 9.17) is 9.47 Å². The van der Waals surface area contributed by atoms with Gasteiger partial charge >= 0.3 is 11.9 Å². The van der Waals surface area contributed by atoms with Crippen LogP contribution in [0.5, 0.6) is 0 Å². The Hall–Kier alpha value is -3.07. The predicted molar refractivity (Wildman–Crippen MR) is 164 cm³/mol. The molecule has 1 aromatic carbocycles. The summed E-state index contributed by atoms with van der Waals surface area (Å²) in [5.41, 5.74) is -3.36. The van der Waals surface area contributed by atoms with E-state index in [0.717, 1.165) is 31.2 Å². The molecule has 10 atom stereocenters. The first kappa shape index (κ1) is 30.9. The standard InChI is InChI=1S/C36H45NO7/c1-23(43-32(40)25-10-7-19-37-22-25)35(41)17-18-36(42)28-13-12-26-20-27(38)15-16-33(26,2)29(28)21-30(34(35,36)3)44-31(39)14-11-24-8-5-4-6-9-24/h4-11,14,19,22-23,26-30,38,41-42H,12-13,15-18,20-21H2,1-3H3/t23-,26-,27+,28-,29-,30-,33+,34-,35-,36+/m1/s1. The highest BCUT2D eigenvalue weighted by Crippen LogP contribution is 2.71. The summed E-state index contributed by atoms with van der Waals surface area (Å²) in [6.45, 7) is 5.76. The van der Waals surface area contributed by atoms with Gasteiger partial charge in [0.15, 0.2) is 0 Å². The second kappa shape index (κ2) is 11.4. The van der Waals surface area contributed by atoms with Gasteiger partial charge in [-0.15, -0.1) is 0 Å². The van der Waals surface area contributed by atoms with Crippen LogP contribution in [-0.2, 0) is 14.3 Å². The molecular weight excluding hydrogens is 558 g/mol. The Bertz CT molecular complexity index is 1400. The average molecular weight is 604 g/mol. The van der Waals surface area contributed by atoms with E-state index in [1.54, 1.807) is 31.3 Å². The number of hydrogen-bond acceptors (Lipinski definition) is 8. The fourth-order valence-corrected chi connectivity index (χ4v) is 9.76. The predicted octanol–water partition coefficient (Wildman–Crippen LogP) is 5.11. The van der Waals surface area contributed by atoms with Crippen LogP contribution in [0.2, 0.25) is 0 Å². The minimum Gasteiger partial charge on any atom is -0.458 e. The molecule has 8 nitrogen and oxygen atoms in total. The number of carbonyl (C=O) groups excluding carboxylic acids is 2. The molecule has 0 aliphatic heterocycles. The van der Waals surface area contributed by atoms with Crippen LogP contribution in [0.1, 0.15) is 88.1 Å². The molecule has 8 heteroatoms. The van der Waals surface area contributed by atoms with Gasteiger partial charge in [-0.2, -0.15) is 0 Å². The van der Waals surface area contributed by atoms with E-state index >= 15 is 0 Å². The lowest BCUT2D eigenvalue weighted by Gasteiger charge is -2.66. The Labute approximate surface area is 259 Å². The van der Waals surface area contributed by atoms with E-state index < -0.39 is 40.8 Å². The van der Waals surface area contributed by atoms with Gasteiger partial charge in [0.05, 0.1) is 22.7 Å². The molecule has 0 spiro atoms. The largest absolute Gasteiger partial charge is 0.458 e. The van der Waals surface area contributed by atoms with Crippen molar-refractivity contribution in [2.45, 2.75) is 102 Å². The van der Waals surface area contributed by atoms with E-state index in [1.165, 1.54) is 12.3 Å². The van der Waals surface area contributed by atoms with Gasteiger partial charge in [-0.25, -0.2) is 9.59 Å². The van der Waals surface area contributed by atoms with Crippen LogP contribution in [0.25, 0.3) is 6.08 Å². The summed E-state index contributed by atoms with van der Waals surface area (Å²) in [4.78, 5) is 30.5. The van der Waals surface area contributed by atoms with Crippen molar-refractivity contribution >= 4 is 18.0 Å². The van der Waals surface area contributed by atoms with Crippen LogP contribution in [0.15, 0.2) is 60.9 Å². The van der Waals surface area contributed by atoms with Gasteiger partial charge in [0.25, 0.3) is 0 Å². The van der Waals surface area contributed by atoms with Crippen molar-refractivity contribution in [2.24, 2.45) is 28.6 Å². The Morgan fingerprint density at radius 1 is 0.977 bits per heavy atom. The summed E-state index contributed by atoms with van der Waals surface area (Å²) in [6, 6.07) is 12.7. The van der Waals surface area contributed by atoms with Crippen molar-refractivity contribution < 1.29 is 34.4 Å². The van der Waals surface area contributed by atoms with E-state index in [9.17, 15) is 24.9 Å². The molecule has 3 N–H and O–H groups in total. The number of aliphatic hydroxyl groups excluding tert-OH is 1. The van der Waals surface area contributed by atoms with E-state index in [-0.39, 0.29) is 35.3 Å². The maximum atomic E-state index is 13.4. The van der Waals surface area contributed by atoms with Gasteiger partial charge in [-0.1, -0.05) is 44.2 Å². The lowest BCUT2D eigenvalue weighted by atomic mass is 9.42. The molecule has 4 saturated carbocycles. The number of ether oxygens (including phenoxy) is 2. The molecule has 44 heavy (non-hydrogen) atoms. The third kappa shape index (κ3) is 4.81. The number of carbonyl (C=O) groups is 2. The molecule has 236 valence electrons. The van der Waals surface area contributed by atoms with Gasteiger partial charge in [-0.3, -0.25) is 4.98 Å². The smallest absolute Gasteiger partial charge is 0.340 e. The molecule has 0 saturated heterocycles. The molecule has 4 fully saturated rings. The Balaban J connectivity index is 1.36. The van der Waals surface area contributed by atoms with Crippen molar-refractivity contribution in [1.29, 1.82) is 0 Å². The zero-order chi connectivity index (χ0) is 31.3. The fourth-order valence-electron chi connectivity index (χ4n) is 9.76. The second-order valence-electron chi connectivity index (χ2n) is 14.2. The average Bonchev–Trinajstić information content (AvgIpc) is 3.25. The molecule has 4 aliphatic rings. The molecule has 1 aromatic heterocycles. The second-order valence-corrected chi connectivity index (χ2v) is 14.2. The van der Waals surface area contributed by atoms with Gasteiger partial charge in [-0.05, 0) is 105 Å². The minimum atomic E-state index is -1.67. The van der Waals surface area contributed by atoms with E-state index in [1.807, 2.05) is 37.3 Å². The quantitative estimate of drug-likeness (QED) is 0.307. The van der Waals surface area contributed by atoms with Gasteiger partial charge in [0.1, 0.15) is 17.8 Å². The van der Waals surface area contributed by atoms with Crippen LogP contribution < -0.4 is 0 Å². The highest BCUT2D eigenvalue weighted by Gasteiger charge is 2.77. The topological polar surface area (TPSA) is 126 Å². The first-order valence-corrected chi connectivity index (χ1v) is 16.1. The van der Waals surface area contributed by atoms with Gasteiger partial charge in [0, 0.05) is 18.5 Å². The Kier molecular flexibility index (Phi) is 8.00. The molecule has 0 amide bonds. The van der Waals surface area contributed by atoms with Crippen LogP contribution in [0, 0.1) is 28.6 Å². The fraction of sp³-hybridized carbons (Fsp3) is 0.583. The summed E-state index contributed by atoms with van der Waals surface area (Å²) < 4.78 is 12.2. The highest BCUT2D eigenvalue weighted by molar-refractivity contribution is 5.89. The number of fused-ring (bicyclic) bond motifs is 5. The van der Waals surface area contributed by atoms with Crippen LogP contribution in [-0.4, -0.2) is 61.8 Å². The summed E-state index contributed by atoms with van der Waals surface area (Å²) >= 11 is 0. The molecule has 6 rings (SSSR count). The van der Waals surface area contributed by atoms with E-state index in [0.29, 0.717) is 25.2 Å². The molecule has 0 bridgehead atoms. The number of aromatic nitrogens is 1. The van der Waals surface area contributed by atoms with Crippen molar-refractivity contribution in [3.05, 3.63) is 72.1 Å². The first-order chi connectivity index (χ1) is 20.9. The van der Waals surface area contributed by atoms with Crippen LogP contribution in [0.4, 0.5) is 0 Å². The number of esters is 2. The molecular formula is C36H45NO7. The van der Waals surface area contributed by atoms with Crippen LogP contribution >= 0.6 is 0 Å². The molecule has 1 heterocycles. The van der Waals surface area contributed by atoms with Crippen molar-refractivity contribution in [3.63, 3.8) is 0 Å². The maximum absolute atomic E-state index is 13.4. The lowest BCUT2D eigenvalue weighted by Crippen LogP contribution is -2.72. The first-order valence-electron chi connectivity index (χ1n) is 16.1. The summed E-state index contributed by atoms with van der Waals surface area (Å²) in [5.74, 6) is -0.937. The van der Waals surface area contributed by atoms with Gasteiger partial charge in [0.2, 0.25) is 0 Å². The summed E-state index contributed by atoms with van der Waals surface area (Å²) in [6.07, 6.45) is 8.84. The van der Waals surface area contributed by atoms with Crippen molar-refractivity contribution in [2.75, 3.05) is 0 Å². The number of benzene rings is 1. The van der Waals surface area contributed by atoms with Crippen LogP contribution in [0.3, 0.4) is 0 Å². The zero-order valence-corrected chi connectivity index (χ0v) is 25.9. The Morgan fingerprint density at radius 3 is 2.48 bits per heavy atom.